The van der Waals surface area contributed by atoms with Crippen molar-refractivity contribution in [3.05, 3.63) is 48.2 Å². The second kappa shape index (κ2) is 6.83. The van der Waals surface area contributed by atoms with Crippen LogP contribution >= 0.6 is 0 Å². The van der Waals surface area contributed by atoms with Gasteiger partial charge in [0.2, 0.25) is 0 Å². The molecule has 5 nitrogen and oxygen atoms in total. The molecule has 1 amide bonds. The summed E-state index contributed by atoms with van der Waals surface area (Å²) in [6.45, 7) is 0.378. The lowest BCUT2D eigenvalue weighted by Gasteiger charge is -2.19. The van der Waals surface area contributed by atoms with Crippen LogP contribution in [0.3, 0.4) is 0 Å². The Bertz CT molecular complexity index is 597. The lowest BCUT2D eigenvalue weighted by Crippen LogP contribution is -2.32. The Morgan fingerprint density at radius 1 is 1.41 bits per heavy atom. The molecule has 1 N–H and O–H groups in total. The average Bonchev–Trinajstić information content (AvgIpc) is 3.25. The summed E-state index contributed by atoms with van der Waals surface area (Å²) in [5, 5.41) is 3.01. The minimum absolute atomic E-state index is 0.0876. The summed E-state index contributed by atoms with van der Waals surface area (Å²) in [6, 6.07) is 7.64. The maximum Gasteiger partial charge on any atom is 0.268 e. The molecule has 1 aliphatic carbocycles. The molecule has 0 saturated heterocycles. The van der Waals surface area contributed by atoms with Gasteiger partial charge in [0.05, 0.1) is 12.9 Å². The highest BCUT2D eigenvalue weighted by Gasteiger charge is 2.24. The molecule has 118 valence electrons. The zero-order valence-electron chi connectivity index (χ0n) is 12.8. The van der Waals surface area contributed by atoms with Crippen LogP contribution in [-0.2, 0) is 4.74 Å². The SMILES string of the molecule is COCC(NC(=O)c1cccn1C1CCCC1)c1ccco1. The molecule has 1 unspecified atom stereocenters. The zero-order chi connectivity index (χ0) is 15.4. The number of methoxy groups -OCH3 is 1. The minimum Gasteiger partial charge on any atom is -0.467 e. The number of furan rings is 1. The Kier molecular flexibility index (Phi) is 4.63. The molecule has 1 fully saturated rings. The van der Waals surface area contributed by atoms with Crippen LogP contribution < -0.4 is 5.32 Å². The van der Waals surface area contributed by atoms with Crippen molar-refractivity contribution < 1.29 is 13.9 Å². The van der Waals surface area contributed by atoms with Crippen molar-refractivity contribution in [3.63, 3.8) is 0 Å². The molecular formula is C17H22N2O3. The summed E-state index contributed by atoms with van der Waals surface area (Å²) in [4.78, 5) is 12.6. The van der Waals surface area contributed by atoms with Crippen LogP contribution in [0.15, 0.2) is 41.1 Å². The summed E-state index contributed by atoms with van der Waals surface area (Å²) >= 11 is 0. The fourth-order valence-electron chi connectivity index (χ4n) is 3.17. The largest absolute Gasteiger partial charge is 0.467 e. The number of nitrogens with zero attached hydrogens (tertiary/aromatic N) is 1. The Labute approximate surface area is 130 Å². The van der Waals surface area contributed by atoms with Crippen LogP contribution in [0.2, 0.25) is 0 Å². The van der Waals surface area contributed by atoms with Gasteiger partial charge in [-0.05, 0) is 37.1 Å². The number of amides is 1. The molecule has 0 aliphatic heterocycles. The molecule has 22 heavy (non-hydrogen) atoms. The normalized spacial score (nSPS) is 16.8. The molecule has 1 atom stereocenters. The third-order valence-corrected chi connectivity index (χ3v) is 4.25. The molecule has 3 rings (SSSR count). The summed E-state index contributed by atoms with van der Waals surface area (Å²) < 4.78 is 12.7. The highest BCUT2D eigenvalue weighted by Crippen LogP contribution is 2.30. The predicted molar refractivity (Wildman–Crippen MR) is 82.7 cm³/mol. The van der Waals surface area contributed by atoms with Gasteiger partial charge in [-0.3, -0.25) is 4.79 Å². The number of ether oxygens (including phenoxy) is 1. The molecule has 5 heteroatoms. The van der Waals surface area contributed by atoms with Crippen LogP contribution in [0, 0.1) is 0 Å². The van der Waals surface area contributed by atoms with Gasteiger partial charge >= 0.3 is 0 Å². The Morgan fingerprint density at radius 2 is 2.23 bits per heavy atom. The van der Waals surface area contributed by atoms with E-state index in [1.807, 2.05) is 30.5 Å². The summed E-state index contributed by atoms with van der Waals surface area (Å²) in [5.41, 5.74) is 0.708. The van der Waals surface area contributed by atoms with E-state index in [9.17, 15) is 4.79 Å². The van der Waals surface area contributed by atoms with E-state index < -0.39 is 0 Å². The lowest BCUT2D eigenvalue weighted by molar-refractivity contribution is 0.0872. The van der Waals surface area contributed by atoms with Crippen molar-refractivity contribution in [2.45, 2.75) is 37.8 Å². The molecule has 0 radical (unpaired) electrons. The first-order chi connectivity index (χ1) is 10.8. The monoisotopic (exact) mass is 302 g/mol. The molecule has 0 bridgehead atoms. The highest BCUT2D eigenvalue weighted by atomic mass is 16.5. The Balaban J connectivity index is 1.74. The second-order valence-corrected chi connectivity index (χ2v) is 5.74. The van der Waals surface area contributed by atoms with Crippen LogP contribution in [0.4, 0.5) is 0 Å². The third-order valence-electron chi connectivity index (χ3n) is 4.25. The first-order valence-electron chi connectivity index (χ1n) is 7.79. The zero-order valence-corrected chi connectivity index (χ0v) is 12.8. The Morgan fingerprint density at radius 3 is 2.91 bits per heavy atom. The van der Waals surface area contributed by atoms with Crippen LogP contribution in [0.25, 0.3) is 0 Å². The molecule has 1 aliphatic rings. The fraction of sp³-hybridized carbons (Fsp3) is 0.471. The Hall–Kier alpha value is -2.01. The van der Waals surface area contributed by atoms with Gasteiger partial charge in [-0.1, -0.05) is 12.8 Å². The molecule has 0 aromatic carbocycles. The molecular weight excluding hydrogens is 280 g/mol. The van der Waals surface area contributed by atoms with E-state index in [-0.39, 0.29) is 11.9 Å². The molecule has 1 saturated carbocycles. The van der Waals surface area contributed by atoms with Gasteiger partial charge in [0.25, 0.3) is 5.91 Å². The van der Waals surface area contributed by atoms with Gasteiger partial charge in [-0.2, -0.15) is 0 Å². The number of aromatic nitrogens is 1. The number of carbonyl (C=O) groups is 1. The van der Waals surface area contributed by atoms with Gasteiger partial charge in [0, 0.05) is 19.3 Å². The van der Waals surface area contributed by atoms with Crippen molar-refractivity contribution in [2.75, 3.05) is 13.7 Å². The topological polar surface area (TPSA) is 56.4 Å². The van der Waals surface area contributed by atoms with Crippen molar-refractivity contribution in [3.8, 4) is 0 Å². The predicted octanol–water partition coefficient (Wildman–Crippen LogP) is 3.31. The van der Waals surface area contributed by atoms with Crippen molar-refractivity contribution in [1.29, 1.82) is 0 Å². The van der Waals surface area contributed by atoms with Gasteiger partial charge in [-0.15, -0.1) is 0 Å². The number of rotatable bonds is 6. The van der Waals surface area contributed by atoms with Gasteiger partial charge in [-0.25, -0.2) is 0 Å². The molecule has 0 spiro atoms. The minimum atomic E-state index is -0.278. The van der Waals surface area contributed by atoms with Crippen LogP contribution in [0.5, 0.6) is 0 Å². The number of carbonyl (C=O) groups excluding carboxylic acids is 1. The first-order valence-corrected chi connectivity index (χ1v) is 7.79. The maximum absolute atomic E-state index is 12.6. The van der Waals surface area contributed by atoms with E-state index in [2.05, 4.69) is 9.88 Å². The van der Waals surface area contributed by atoms with E-state index >= 15 is 0 Å². The second-order valence-electron chi connectivity index (χ2n) is 5.74. The smallest absolute Gasteiger partial charge is 0.268 e. The quantitative estimate of drug-likeness (QED) is 0.890. The van der Waals surface area contributed by atoms with Crippen LogP contribution in [-0.4, -0.2) is 24.2 Å². The van der Waals surface area contributed by atoms with E-state index in [1.54, 1.807) is 13.4 Å². The molecule has 2 aromatic heterocycles. The highest BCUT2D eigenvalue weighted by molar-refractivity contribution is 5.93. The van der Waals surface area contributed by atoms with E-state index in [0.717, 1.165) is 12.8 Å². The van der Waals surface area contributed by atoms with Crippen molar-refractivity contribution in [2.24, 2.45) is 0 Å². The van der Waals surface area contributed by atoms with Crippen molar-refractivity contribution >= 4 is 5.91 Å². The van der Waals surface area contributed by atoms with Crippen molar-refractivity contribution in [1.82, 2.24) is 9.88 Å². The third kappa shape index (κ3) is 3.09. The number of hydrogen-bond acceptors (Lipinski definition) is 3. The number of nitrogens with one attached hydrogen (secondary N) is 1. The number of hydrogen-bond donors (Lipinski definition) is 1. The lowest BCUT2D eigenvalue weighted by atomic mass is 10.2. The standard InChI is InChI=1S/C17H22N2O3/c1-21-12-14(16-9-5-11-22-16)18-17(20)15-8-4-10-19(15)13-6-2-3-7-13/h4-5,8-11,13-14H,2-3,6-7,12H2,1H3,(H,18,20). The maximum atomic E-state index is 12.6. The average molecular weight is 302 g/mol. The van der Waals surface area contributed by atoms with E-state index in [4.69, 9.17) is 9.15 Å². The first kappa shape index (κ1) is 14.9. The van der Waals surface area contributed by atoms with E-state index in [0.29, 0.717) is 24.1 Å². The summed E-state index contributed by atoms with van der Waals surface area (Å²) in [6.07, 6.45) is 8.38. The fourth-order valence-corrected chi connectivity index (χ4v) is 3.17. The van der Waals surface area contributed by atoms with Crippen LogP contribution in [0.1, 0.15) is 54.0 Å². The van der Waals surface area contributed by atoms with Gasteiger partial charge < -0.3 is 19.0 Å². The van der Waals surface area contributed by atoms with Gasteiger partial charge in [0.15, 0.2) is 0 Å². The van der Waals surface area contributed by atoms with E-state index in [1.165, 1.54) is 12.8 Å². The molecule has 2 heterocycles. The summed E-state index contributed by atoms with van der Waals surface area (Å²) in [5.74, 6) is 0.615. The summed E-state index contributed by atoms with van der Waals surface area (Å²) in [7, 11) is 1.61. The molecule has 2 aromatic rings. The van der Waals surface area contributed by atoms with Gasteiger partial charge in [0.1, 0.15) is 17.5 Å².